The Labute approximate surface area is 105 Å². The third-order valence-electron chi connectivity index (χ3n) is 2.01. The van der Waals surface area contributed by atoms with Crippen molar-refractivity contribution in [1.82, 2.24) is 19.9 Å². The second kappa shape index (κ2) is 5.10. The molecule has 2 rings (SSSR count). The largest absolute Gasteiger partial charge is 0.369 e. The Hall–Kier alpha value is -1.38. The van der Waals surface area contributed by atoms with Crippen LogP contribution in [0.4, 0.5) is 5.82 Å². The number of rotatable bonds is 4. The molecule has 0 aliphatic carbocycles. The van der Waals surface area contributed by atoms with Gasteiger partial charge in [-0.15, -0.1) is 0 Å². The molecule has 2 aromatic rings. The van der Waals surface area contributed by atoms with Crippen molar-refractivity contribution in [2.24, 2.45) is 0 Å². The van der Waals surface area contributed by atoms with Gasteiger partial charge in [0.2, 0.25) is 0 Å². The molecule has 3 N–H and O–H groups in total. The Kier molecular flexibility index (Phi) is 3.54. The summed E-state index contributed by atoms with van der Waals surface area (Å²) in [6.45, 7) is 0.681. The zero-order valence-electron chi connectivity index (χ0n) is 8.33. The van der Waals surface area contributed by atoms with Crippen molar-refractivity contribution in [3.8, 4) is 0 Å². The molecule has 16 heavy (non-hydrogen) atoms. The second-order valence-electron chi connectivity index (χ2n) is 3.11. The molecule has 84 valence electrons. The highest BCUT2D eigenvalue weighted by Gasteiger charge is 2.04. The Bertz CT molecular complexity index is 507. The molecule has 0 unspecified atom stereocenters. The minimum atomic E-state index is -0.129. The monoisotopic (exact) mass is 331 g/mol. The predicted octanol–water partition coefficient (Wildman–Crippen LogP) is 0.752. The number of anilines is 1. The summed E-state index contributed by atoms with van der Waals surface area (Å²) in [6.07, 6.45) is 5.65. The van der Waals surface area contributed by atoms with Gasteiger partial charge in [0.05, 0.1) is 6.33 Å². The van der Waals surface area contributed by atoms with E-state index in [0.717, 1.165) is 12.2 Å². The highest BCUT2D eigenvalue weighted by atomic mass is 127. The molecular weight excluding hydrogens is 321 g/mol. The van der Waals surface area contributed by atoms with E-state index in [1.807, 2.05) is 22.6 Å². The van der Waals surface area contributed by atoms with E-state index in [1.54, 1.807) is 12.4 Å². The molecule has 6 nitrogen and oxygen atoms in total. The number of imidazole rings is 1. The first-order valence-corrected chi connectivity index (χ1v) is 5.80. The molecule has 0 spiro atoms. The summed E-state index contributed by atoms with van der Waals surface area (Å²) >= 11 is 1.97. The van der Waals surface area contributed by atoms with E-state index in [2.05, 4.69) is 25.3 Å². The van der Waals surface area contributed by atoms with E-state index in [4.69, 9.17) is 0 Å². The molecule has 0 fully saturated rings. The minimum absolute atomic E-state index is 0.129. The second-order valence-corrected chi connectivity index (χ2v) is 4.19. The van der Waals surface area contributed by atoms with Crippen LogP contribution in [-0.4, -0.2) is 26.5 Å². The lowest BCUT2D eigenvalue weighted by atomic mass is 10.4. The quantitative estimate of drug-likeness (QED) is 0.722. The first-order chi connectivity index (χ1) is 7.77. The first-order valence-electron chi connectivity index (χ1n) is 4.72. The van der Waals surface area contributed by atoms with Crippen molar-refractivity contribution in [2.45, 2.75) is 6.42 Å². The predicted molar refractivity (Wildman–Crippen MR) is 68.4 cm³/mol. The lowest BCUT2D eigenvalue weighted by molar-refractivity contribution is 0.916. The van der Waals surface area contributed by atoms with Crippen molar-refractivity contribution < 1.29 is 0 Å². The summed E-state index contributed by atoms with van der Waals surface area (Å²) in [5.74, 6) is 1.52. The highest BCUT2D eigenvalue weighted by molar-refractivity contribution is 14.1. The summed E-state index contributed by atoms with van der Waals surface area (Å²) in [4.78, 5) is 24.9. The number of hydrogen-bond donors (Lipinski definition) is 3. The van der Waals surface area contributed by atoms with E-state index >= 15 is 0 Å². The van der Waals surface area contributed by atoms with Crippen molar-refractivity contribution in [3.63, 3.8) is 0 Å². The van der Waals surface area contributed by atoms with Gasteiger partial charge in [0, 0.05) is 25.4 Å². The van der Waals surface area contributed by atoms with Crippen LogP contribution in [0.3, 0.4) is 0 Å². The van der Waals surface area contributed by atoms with Crippen LogP contribution in [0.2, 0.25) is 0 Å². The van der Waals surface area contributed by atoms with Gasteiger partial charge in [-0.3, -0.25) is 4.79 Å². The Morgan fingerprint density at radius 3 is 3.00 bits per heavy atom. The van der Waals surface area contributed by atoms with Crippen LogP contribution < -0.4 is 10.9 Å². The van der Waals surface area contributed by atoms with Gasteiger partial charge in [-0.2, -0.15) is 0 Å². The van der Waals surface area contributed by atoms with Gasteiger partial charge in [-0.25, -0.2) is 9.97 Å². The van der Waals surface area contributed by atoms with Gasteiger partial charge in [-0.1, -0.05) is 0 Å². The SMILES string of the molecule is O=c1[nH]cnc(NCCc2ncc[nH]2)c1I. The molecular formula is C9H10IN5O. The summed E-state index contributed by atoms with van der Waals surface area (Å²) in [5, 5.41) is 3.09. The van der Waals surface area contributed by atoms with Crippen molar-refractivity contribution in [1.29, 1.82) is 0 Å². The van der Waals surface area contributed by atoms with Gasteiger partial charge >= 0.3 is 0 Å². The summed E-state index contributed by atoms with van der Waals surface area (Å²) in [7, 11) is 0. The van der Waals surface area contributed by atoms with E-state index < -0.39 is 0 Å². The van der Waals surface area contributed by atoms with Crippen LogP contribution in [0.5, 0.6) is 0 Å². The number of halogens is 1. The molecule has 0 aliphatic heterocycles. The van der Waals surface area contributed by atoms with E-state index in [0.29, 0.717) is 15.9 Å². The Morgan fingerprint density at radius 2 is 2.25 bits per heavy atom. The number of nitrogens with zero attached hydrogens (tertiary/aromatic N) is 2. The number of nitrogens with one attached hydrogen (secondary N) is 3. The molecule has 2 aromatic heterocycles. The maximum atomic E-state index is 11.3. The Morgan fingerprint density at radius 1 is 1.38 bits per heavy atom. The summed E-state index contributed by atoms with van der Waals surface area (Å²) in [6, 6.07) is 0. The third-order valence-corrected chi connectivity index (χ3v) is 3.01. The van der Waals surface area contributed by atoms with Gasteiger partial charge < -0.3 is 15.3 Å². The molecule has 0 bridgehead atoms. The molecule has 0 radical (unpaired) electrons. The minimum Gasteiger partial charge on any atom is -0.369 e. The lowest BCUT2D eigenvalue weighted by Gasteiger charge is -2.04. The zero-order valence-corrected chi connectivity index (χ0v) is 10.5. The first kappa shape index (κ1) is 11.1. The zero-order chi connectivity index (χ0) is 11.4. The molecule has 0 aromatic carbocycles. The number of hydrogen-bond acceptors (Lipinski definition) is 4. The molecule has 7 heteroatoms. The van der Waals surface area contributed by atoms with Crippen LogP contribution in [-0.2, 0) is 6.42 Å². The van der Waals surface area contributed by atoms with Crippen LogP contribution in [0.1, 0.15) is 5.82 Å². The fourth-order valence-electron chi connectivity index (χ4n) is 1.24. The van der Waals surface area contributed by atoms with E-state index in [9.17, 15) is 4.79 Å². The van der Waals surface area contributed by atoms with Crippen LogP contribution in [0.25, 0.3) is 0 Å². The fourth-order valence-corrected chi connectivity index (χ4v) is 1.73. The molecule has 0 saturated carbocycles. The lowest BCUT2D eigenvalue weighted by Crippen LogP contribution is -2.16. The maximum absolute atomic E-state index is 11.3. The summed E-state index contributed by atoms with van der Waals surface area (Å²) < 4.78 is 0.569. The molecule has 0 amide bonds. The van der Waals surface area contributed by atoms with E-state index in [-0.39, 0.29) is 5.56 Å². The average molecular weight is 331 g/mol. The Balaban J connectivity index is 1.95. The van der Waals surface area contributed by atoms with Crippen molar-refractivity contribution in [3.05, 3.63) is 38.5 Å². The smallest absolute Gasteiger partial charge is 0.266 e. The average Bonchev–Trinajstić information content (AvgIpc) is 2.77. The fraction of sp³-hybridized carbons (Fsp3) is 0.222. The highest BCUT2D eigenvalue weighted by Crippen LogP contribution is 2.08. The van der Waals surface area contributed by atoms with Gasteiger partial charge in [0.25, 0.3) is 5.56 Å². The number of H-pyrrole nitrogens is 2. The van der Waals surface area contributed by atoms with Crippen LogP contribution >= 0.6 is 22.6 Å². The molecule has 0 atom stereocenters. The van der Waals surface area contributed by atoms with Crippen molar-refractivity contribution in [2.75, 3.05) is 11.9 Å². The van der Waals surface area contributed by atoms with Crippen molar-refractivity contribution >= 4 is 28.4 Å². The van der Waals surface area contributed by atoms with E-state index in [1.165, 1.54) is 6.33 Å². The molecule has 2 heterocycles. The van der Waals surface area contributed by atoms with Gasteiger partial charge in [0.15, 0.2) is 0 Å². The van der Waals surface area contributed by atoms with Crippen LogP contribution in [0, 0.1) is 3.57 Å². The van der Waals surface area contributed by atoms with Crippen LogP contribution in [0.15, 0.2) is 23.5 Å². The van der Waals surface area contributed by atoms with Gasteiger partial charge in [0.1, 0.15) is 15.2 Å². The number of aromatic nitrogens is 4. The number of aromatic amines is 2. The van der Waals surface area contributed by atoms with Gasteiger partial charge in [-0.05, 0) is 22.6 Å². The molecule has 0 aliphatic rings. The third kappa shape index (κ3) is 2.60. The maximum Gasteiger partial charge on any atom is 0.266 e. The normalized spacial score (nSPS) is 10.3. The standard InChI is InChI=1S/C9H10IN5O/c10-7-8(14-5-15-9(7)16)13-2-1-6-11-3-4-12-6/h3-5H,1-2H2,(H,11,12)(H2,13,14,15,16). The molecule has 0 saturated heterocycles. The summed E-state index contributed by atoms with van der Waals surface area (Å²) in [5.41, 5.74) is -0.129. The topological polar surface area (TPSA) is 86.5 Å².